The summed E-state index contributed by atoms with van der Waals surface area (Å²) in [5.41, 5.74) is 0.738. The molecule has 0 radical (unpaired) electrons. The van der Waals surface area contributed by atoms with Crippen LogP contribution in [0.4, 0.5) is 0 Å². The van der Waals surface area contributed by atoms with E-state index < -0.39 is 0 Å². The lowest BCUT2D eigenvalue weighted by atomic mass is 10.0. The summed E-state index contributed by atoms with van der Waals surface area (Å²) < 4.78 is 0. The topological polar surface area (TPSA) is 23.8 Å². The molecule has 0 aromatic heterocycles. The molecule has 0 saturated heterocycles. The highest BCUT2D eigenvalue weighted by Gasteiger charge is 1.94. The second-order valence-corrected chi connectivity index (χ2v) is 5.35. The number of allylic oxidation sites excluding steroid dienone is 1. The average Bonchev–Trinajstić information content (AvgIpc) is 2.39. The number of nitrogens with zero attached hydrogens (tertiary/aromatic N) is 1. The van der Waals surface area contributed by atoms with Gasteiger partial charge in [-0.05, 0) is 12.8 Å². The van der Waals surface area contributed by atoms with Gasteiger partial charge in [0, 0.05) is 5.57 Å². The van der Waals surface area contributed by atoms with E-state index in [0.29, 0.717) is 0 Å². The van der Waals surface area contributed by atoms with Crippen LogP contribution >= 0.6 is 0 Å². The van der Waals surface area contributed by atoms with Crippen LogP contribution in [-0.4, -0.2) is 0 Å². The first-order valence-corrected chi connectivity index (χ1v) is 7.89. The monoisotopic (exact) mass is 249 g/mol. The summed E-state index contributed by atoms with van der Waals surface area (Å²) in [7, 11) is 0. The largest absolute Gasteiger partial charge is 0.193 e. The summed E-state index contributed by atoms with van der Waals surface area (Å²) in [6.07, 6.45) is 17.3. The maximum absolute atomic E-state index is 8.56. The van der Waals surface area contributed by atoms with Crippen molar-refractivity contribution < 1.29 is 0 Å². The molecular formula is C17H31N. The standard InChI is InChI=1S/C17H31N/c1-3-4-5-6-7-8-9-10-11-12-13-14-15-17(2)16-18/h2-15H2,1H3. The van der Waals surface area contributed by atoms with Crippen LogP contribution < -0.4 is 0 Å². The third-order valence-electron chi connectivity index (χ3n) is 3.49. The van der Waals surface area contributed by atoms with Gasteiger partial charge >= 0.3 is 0 Å². The molecule has 104 valence electrons. The van der Waals surface area contributed by atoms with Crippen molar-refractivity contribution in [1.29, 1.82) is 5.26 Å². The second kappa shape index (κ2) is 14.3. The van der Waals surface area contributed by atoms with Gasteiger partial charge in [-0.2, -0.15) is 5.26 Å². The van der Waals surface area contributed by atoms with Crippen molar-refractivity contribution in [2.24, 2.45) is 0 Å². The van der Waals surface area contributed by atoms with Gasteiger partial charge in [-0.1, -0.05) is 84.1 Å². The molecule has 0 heterocycles. The highest BCUT2D eigenvalue weighted by molar-refractivity contribution is 5.14. The fraction of sp³-hybridized carbons (Fsp3) is 0.824. The molecule has 1 heteroatoms. The molecule has 0 aliphatic heterocycles. The van der Waals surface area contributed by atoms with Crippen molar-refractivity contribution in [2.45, 2.75) is 90.4 Å². The van der Waals surface area contributed by atoms with Gasteiger partial charge in [0.15, 0.2) is 0 Å². The van der Waals surface area contributed by atoms with Gasteiger partial charge in [-0.25, -0.2) is 0 Å². The van der Waals surface area contributed by atoms with Crippen molar-refractivity contribution in [3.63, 3.8) is 0 Å². The zero-order valence-electron chi connectivity index (χ0n) is 12.3. The summed E-state index contributed by atoms with van der Waals surface area (Å²) in [6.45, 7) is 5.97. The quantitative estimate of drug-likeness (QED) is 0.283. The first-order valence-electron chi connectivity index (χ1n) is 7.89. The van der Waals surface area contributed by atoms with Crippen molar-refractivity contribution in [1.82, 2.24) is 0 Å². The Morgan fingerprint density at radius 1 is 0.778 bits per heavy atom. The third-order valence-corrected chi connectivity index (χ3v) is 3.49. The Morgan fingerprint density at radius 2 is 1.17 bits per heavy atom. The maximum Gasteiger partial charge on any atom is 0.0940 e. The molecule has 0 N–H and O–H groups in total. The van der Waals surface area contributed by atoms with Gasteiger partial charge in [0.2, 0.25) is 0 Å². The Hall–Kier alpha value is -0.770. The lowest BCUT2D eigenvalue weighted by molar-refractivity contribution is 0.544. The van der Waals surface area contributed by atoms with Crippen LogP contribution in [0.1, 0.15) is 90.4 Å². The summed E-state index contributed by atoms with van der Waals surface area (Å²) in [4.78, 5) is 0. The number of hydrogen-bond acceptors (Lipinski definition) is 1. The number of rotatable bonds is 13. The van der Waals surface area contributed by atoms with Crippen LogP contribution in [0.5, 0.6) is 0 Å². The van der Waals surface area contributed by atoms with E-state index in [2.05, 4.69) is 19.6 Å². The molecule has 0 unspecified atom stereocenters. The van der Waals surface area contributed by atoms with Gasteiger partial charge in [0.1, 0.15) is 0 Å². The zero-order valence-corrected chi connectivity index (χ0v) is 12.3. The van der Waals surface area contributed by atoms with Gasteiger partial charge in [0.25, 0.3) is 0 Å². The number of nitriles is 1. The van der Waals surface area contributed by atoms with E-state index in [0.717, 1.165) is 18.4 Å². The fourth-order valence-electron chi connectivity index (χ4n) is 2.24. The van der Waals surface area contributed by atoms with Gasteiger partial charge in [-0.15, -0.1) is 0 Å². The van der Waals surface area contributed by atoms with E-state index in [1.807, 2.05) is 0 Å². The predicted molar refractivity (Wildman–Crippen MR) is 80.4 cm³/mol. The van der Waals surface area contributed by atoms with E-state index in [9.17, 15) is 0 Å². The molecule has 18 heavy (non-hydrogen) atoms. The van der Waals surface area contributed by atoms with Crippen molar-refractivity contribution in [3.05, 3.63) is 12.2 Å². The average molecular weight is 249 g/mol. The van der Waals surface area contributed by atoms with E-state index in [1.54, 1.807) is 0 Å². The first kappa shape index (κ1) is 17.2. The Balaban J connectivity index is 2.99. The van der Waals surface area contributed by atoms with Crippen molar-refractivity contribution >= 4 is 0 Å². The van der Waals surface area contributed by atoms with Crippen molar-refractivity contribution in [2.75, 3.05) is 0 Å². The fourth-order valence-corrected chi connectivity index (χ4v) is 2.24. The zero-order chi connectivity index (χ0) is 13.5. The minimum atomic E-state index is 0.738. The molecule has 0 amide bonds. The van der Waals surface area contributed by atoms with Crippen LogP contribution in [0.25, 0.3) is 0 Å². The van der Waals surface area contributed by atoms with Crippen LogP contribution in [0.3, 0.4) is 0 Å². The molecule has 0 bridgehead atoms. The Morgan fingerprint density at radius 3 is 1.56 bits per heavy atom. The minimum Gasteiger partial charge on any atom is -0.193 e. The molecular weight excluding hydrogens is 218 g/mol. The van der Waals surface area contributed by atoms with Crippen LogP contribution in [-0.2, 0) is 0 Å². The first-order chi connectivity index (χ1) is 8.81. The third kappa shape index (κ3) is 13.3. The molecule has 1 nitrogen and oxygen atoms in total. The highest BCUT2D eigenvalue weighted by Crippen LogP contribution is 2.13. The van der Waals surface area contributed by atoms with E-state index in [-0.39, 0.29) is 0 Å². The SMILES string of the molecule is C=C(C#N)CCCCCCCCCCCCCC. The molecule has 0 fully saturated rings. The lowest BCUT2D eigenvalue weighted by Crippen LogP contribution is -1.83. The number of unbranched alkanes of at least 4 members (excludes halogenated alkanes) is 11. The van der Waals surface area contributed by atoms with Crippen LogP contribution in [0.15, 0.2) is 12.2 Å². The molecule has 0 aliphatic rings. The van der Waals surface area contributed by atoms with Gasteiger partial charge < -0.3 is 0 Å². The summed E-state index contributed by atoms with van der Waals surface area (Å²) in [5, 5.41) is 8.56. The van der Waals surface area contributed by atoms with Crippen molar-refractivity contribution in [3.8, 4) is 6.07 Å². The molecule has 0 aliphatic carbocycles. The minimum absolute atomic E-state index is 0.738. The summed E-state index contributed by atoms with van der Waals surface area (Å²) in [5.74, 6) is 0. The molecule has 0 atom stereocenters. The molecule has 0 spiro atoms. The van der Waals surface area contributed by atoms with E-state index in [4.69, 9.17) is 5.26 Å². The van der Waals surface area contributed by atoms with Crippen LogP contribution in [0, 0.1) is 11.3 Å². The Kier molecular flexibility index (Phi) is 13.7. The Bertz CT molecular complexity index is 224. The van der Waals surface area contributed by atoms with Crippen LogP contribution in [0.2, 0.25) is 0 Å². The predicted octanol–water partition coefficient (Wildman–Crippen LogP) is 6.16. The van der Waals surface area contributed by atoms with E-state index in [1.165, 1.54) is 70.6 Å². The normalized spacial score (nSPS) is 10.2. The molecule has 0 rings (SSSR count). The highest BCUT2D eigenvalue weighted by atomic mass is 14.2. The van der Waals surface area contributed by atoms with E-state index >= 15 is 0 Å². The number of hydrogen-bond donors (Lipinski definition) is 0. The Labute approximate surface area is 114 Å². The summed E-state index contributed by atoms with van der Waals surface area (Å²) >= 11 is 0. The second-order valence-electron chi connectivity index (χ2n) is 5.35. The van der Waals surface area contributed by atoms with Gasteiger partial charge in [-0.3, -0.25) is 0 Å². The molecule has 0 aromatic carbocycles. The molecule has 0 saturated carbocycles. The maximum atomic E-state index is 8.56. The molecule has 0 aromatic rings. The lowest BCUT2D eigenvalue weighted by Gasteiger charge is -2.02. The summed E-state index contributed by atoms with van der Waals surface area (Å²) in [6, 6.07) is 2.11. The smallest absolute Gasteiger partial charge is 0.0940 e. The van der Waals surface area contributed by atoms with Gasteiger partial charge in [0.05, 0.1) is 6.07 Å².